The van der Waals surface area contributed by atoms with Crippen LogP contribution in [0, 0.1) is 0 Å². The molecular weight excluding hydrogens is 290 g/mol. The molecule has 0 spiro atoms. The van der Waals surface area contributed by atoms with Gasteiger partial charge in [0.25, 0.3) is 0 Å². The zero-order valence-electron chi connectivity index (χ0n) is 16.3. The monoisotopic (exact) mass is 327 g/mol. The van der Waals surface area contributed by atoms with Crippen LogP contribution in [0.5, 0.6) is 0 Å². The van der Waals surface area contributed by atoms with Crippen LogP contribution >= 0.6 is 0 Å². The Hall–Kier alpha value is -0.200. The highest BCUT2D eigenvalue weighted by molar-refractivity contribution is 5.00. The van der Waals surface area contributed by atoms with Crippen LogP contribution in [-0.4, -0.2) is 49.6 Å². The Morgan fingerprint density at radius 1 is 0.783 bits per heavy atom. The summed E-state index contributed by atoms with van der Waals surface area (Å²) in [7, 11) is 0. The van der Waals surface area contributed by atoms with Crippen LogP contribution in [0.4, 0.5) is 0 Å². The van der Waals surface area contributed by atoms with Crippen molar-refractivity contribution in [3.63, 3.8) is 0 Å². The lowest BCUT2D eigenvalue weighted by Gasteiger charge is -2.57. The molecule has 2 rings (SSSR count). The molecule has 3 N–H and O–H groups in total. The van der Waals surface area contributed by atoms with Crippen molar-refractivity contribution in [1.29, 1.82) is 0 Å². The van der Waals surface area contributed by atoms with Crippen molar-refractivity contribution in [2.24, 2.45) is 5.73 Å². The number of hydrogen-bond donors (Lipinski definition) is 2. The van der Waals surface area contributed by atoms with E-state index in [0.717, 1.165) is 25.7 Å². The summed E-state index contributed by atoms with van der Waals surface area (Å²) in [6, 6.07) is 0.215. The van der Waals surface area contributed by atoms with Crippen molar-refractivity contribution < 1.29 is 10.0 Å². The van der Waals surface area contributed by atoms with Crippen LogP contribution in [0.3, 0.4) is 0 Å². The lowest BCUT2D eigenvalue weighted by Crippen LogP contribution is -2.66. The highest BCUT2D eigenvalue weighted by Crippen LogP contribution is 2.43. The lowest BCUT2D eigenvalue weighted by molar-refractivity contribution is -0.339. The van der Waals surface area contributed by atoms with Gasteiger partial charge in [-0.25, -0.2) is 0 Å². The van der Waals surface area contributed by atoms with Crippen LogP contribution in [0.1, 0.15) is 81.1 Å². The van der Waals surface area contributed by atoms with Gasteiger partial charge < -0.3 is 10.9 Å². The van der Waals surface area contributed by atoms with E-state index in [2.05, 4.69) is 60.5 Å². The van der Waals surface area contributed by atoms with Crippen LogP contribution in [0.15, 0.2) is 0 Å². The van der Waals surface area contributed by atoms with Crippen molar-refractivity contribution in [3.8, 4) is 0 Å². The number of nitrogens with zero attached hydrogens (tertiary/aromatic N) is 2. The Labute approximate surface area is 142 Å². The first-order valence-electron chi connectivity index (χ1n) is 8.89. The highest BCUT2D eigenvalue weighted by Gasteiger charge is 2.50. The number of rotatable bonds is 2. The fraction of sp³-hybridized carbons (Fsp3) is 1.00. The number of hydrogen-bond acceptors (Lipinski definition) is 5. The number of hydroxylamine groups is 4. The molecule has 0 unspecified atom stereocenters. The minimum atomic E-state index is -0.299. The third kappa shape index (κ3) is 3.74. The van der Waals surface area contributed by atoms with Gasteiger partial charge >= 0.3 is 0 Å². The molecule has 0 atom stereocenters. The molecule has 2 aliphatic heterocycles. The normalized spacial score (nSPS) is 32.1. The van der Waals surface area contributed by atoms with Crippen LogP contribution < -0.4 is 5.73 Å². The van der Waals surface area contributed by atoms with Crippen molar-refractivity contribution in [3.05, 3.63) is 0 Å². The van der Waals surface area contributed by atoms with Gasteiger partial charge in [0.2, 0.25) is 0 Å². The summed E-state index contributed by atoms with van der Waals surface area (Å²) >= 11 is 0. The summed E-state index contributed by atoms with van der Waals surface area (Å²) in [6.07, 6.45) is 3.57. The van der Waals surface area contributed by atoms with E-state index in [9.17, 15) is 5.21 Å². The maximum atomic E-state index is 10.5. The summed E-state index contributed by atoms with van der Waals surface area (Å²) in [6.45, 7) is 17.2. The Balaban J connectivity index is 2.20. The molecule has 2 heterocycles. The Bertz CT molecular complexity index is 410. The Morgan fingerprint density at radius 3 is 1.57 bits per heavy atom. The topological polar surface area (TPSA) is 62.0 Å². The summed E-state index contributed by atoms with van der Waals surface area (Å²) in [5.41, 5.74) is 5.48. The Morgan fingerprint density at radius 2 is 1.17 bits per heavy atom. The summed E-state index contributed by atoms with van der Waals surface area (Å²) in [5.74, 6) is 0. The predicted molar refractivity (Wildman–Crippen MR) is 93.1 cm³/mol. The first-order chi connectivity index (χ1) is 10.2. The third-order valence-electron chi connectivity index (χ3n) is 5.48. The second-order valence-corrected chi connectivity index (χ2v) is 10.2. The molecule has 2 aliphatic rings. The van der Waals surface area contributed by atoms with E-state index in [1.807, 2.05) is 0 Å². The first kappa shape index (κ1) is 19.1. The molecule has 2 saturated heterocycles. The van der Waals surface area contributed by atoms with Crippen molar-refractivity contribution in [1.82, 2.24) is 10.1 Å². The molecule has 5 heteroatoms. The van der Waals surface area contributed by atoms with Gasteiger partial charge in [0.05, 0.1) is 6.10 Å². The summed E-state index contributed by atoms with van der Waals surface area (Å²) < 4.78 is 0. The zero-order valence-corrected chi connectivity index (χ0v) is 16.3. The van der Waals surface area contributed by atoms with E-state index in [0.29, 0.717) is 0 Å². The number of piperidine rings is 2. The molecule has 0 aromatic carbocycles. The molecule has 0 aliphatic carbocycles. The fourth-order valence-electron chi connectivity index (χ4n) is 5.03. The minimum Gasteiger partial charge on any atom is -0.328 e. The largest absolute Gasteiger partial charge is 0.328 e. The third-order valence-corrected chi connectivity index (χ3v) is 5.48. The maximum Gasteiger partial charge on any atom is 0.0830 e. The van der Waals surface area contributed by atoms with Crippen molar-refractivity contribution >= 4 is 0 Å². The van der Waals surface area contributed by atoms with Gasteiger partial charge in [-0.05, 0) is 81.1 Å². The lowest BCUT2D eigenvalue weighted by atomic mass is 9.78. The fourth-order valence-corrected chi connectivity index (χ4v) is 5.03. The molecule has 0 bridgehead atoms. The molecular formula is C18H37N3O2. The Kier molecular flexibility index (Phi) is 4.71. The van der Waals surface area contributed by atoms with Crippen molar-refractivity contribution in [2.75, 3.05) is 0 Å². The molecule has 5 nitrogen and oxygen atoms in total. The highest BCUT2D eigenvalue weighted by atomic mass is 16.7. The first-order valence-corrected chi connectivity index (χ1v) is 8.89. The van der Waals surface area contributed by atoms with Gasteiger partial charge in [-0.3, -0.25) is 4.84 Å². The minimum absolute atomic E-state index is 0.0915. The summed E-state index contributed by atoms with van der Waals surface area (Å²) in [5, 5.41) is 14.2. The molecule has 0 aromatic rings. The summed E-state index contributed by atoms with van der Waals surface area (Å²) in [4.78, 5) is 6.57. The zero-order chi connectivity index (χ0) is 17.8. The average molecular weight is 328 g/mol. The van der Waals surface area contributed by atoms with E-state index in [1.54, 1.807) is 0 Å². The second-order valence-electron chi connectivity index (χ2n) is 10.2. The van der Waals surface area contributed by atoms with Gasteiger partial charge in [0.15, 0.2) is 0 Å². The van der Waals surface area contributed by atoms with Crippen LogP contribution in [0.2, 0.25) is 0 Å². The molecule has 2 fully saturated rings. The average Bonchev–Trinajstić information content (AvgIpc) is 2.28. The molecule has 0 aromatic heterocycles. The van der Waals surface area contributed by atoms with E-state index >= 15 is 0 Å². The smallest absolute Gasteiger partial charge is 0.0830 e. The molecule has 136 valence electrons. The van der Waals surface area contributed by atoms with E-state index in [1.165, 1.54) is 5.06 Å². The van der Waals surface area contributed by atoms with Gasteiger partial charge in [0, 0.05) is 28.2 Å². The van der Waals surface area contributed by atoms with E-state index in [4.69, 9.17) is 10.6 Å². The van der Waals surface area contributed by atoms with Gasteiger partial charge in [-0.15, -0.1) is 0 Å². The molecule has 0 saturated carbocycles. The predicted octanol–water partition coefficient (Wildman–Crippen LogP) is 3.31. The van der Waals surface area contributed by atoms with Crippen LogP contribution in [0.25, 0.3) is 0 Å². The standard InChI is InChI=1S/C18H37N3O2/c1-15(2)11-14(12-16(3,4)20(15)22)23-21-17(5,6)9-13(19)10-18(21,7)8/h13-14,22H,9-12,19H2,1-8H3. The van der Waals surface area contributed by atoms with Gasteiger partial charge in [0.1, 0.15) is 0 Å². The second kappa shape index (κ2) is 5.67. The molecule has 23 heavy (non-hydrogen) atoms. The molecule has 0 amide bonds. The molecule has 0 radical (unpaired) electrons. The number of nitrogens with two attached hydrogens (primary N) is 1. The van der Waals surface area contributed by atoms with Crippen LogP contribution in [-0.2, 0) is 4.84 Å². The van der Waals surface area contributed by atoms with E-state index < -0.39 is 0 Å². The SMILES string of the molecule is CC1(C)CC(ON2C(C)(C)CC(N)CC2(C)C)CC(C)(C)N1O. The quantitative estimate of drug-likeness (QED) is 0.815. The maximum absolute atomic E-state index is 10.5. The van der Waals surface area contributed by atoms with Gasteiger partial charge in [-0.2, -0.15) is 10.1 Å². The van der Waals surface area contributed by atoms with Crippen molar-refractivity contribution in [2.45, 2.75) is 115 Å². The van der Waals surface area contributed by atoms with E-state index in [-0.39, 0.29) is 34.3 Å². The van der Waals surface area contributed by atoms with Gasteiger partial charge in [-0.1, -0.05) is 0 Å².